The fraction of sp³-hybridized carbons (Fsp3) is 0.333. The lowest BCUT2D eigenvalue weighted by molar-refractivity contribution is -0.137. The smallest absolute Gasteiger partial charge is 0.416 e. The Morgan fingerprint density at radius 1 is 1.03 bits per heavy atom. The first-order chi connectivity index (χ1) is 16.0. The predicted molar refractivity (Wildman–Crippen MR) is 116 cm³/mol. The molecule has 1 saturated heterocycles. The van der Waals surface area contributed by atoms with Crippen LogP contribution < -0.4 is 20.9 Å². The van der Waals surface area contributed by atoms with E-state index in [1.54, 1.807) is 12.1 Å². The molecule has 3 amide bonds. The summed E-state index contributed by atoms with van der Waals surface area (Å²) in [4.78, 5) is 24.4. The number of urea groups is 1. The molecule has 3 rings (SSSR count). The number of alkyl halides is 3. The number of nitrogens with zero attached hydrogens (tertiary/aromatic N) is 1. The number of anilines is 1. The Labute approximate surface area is 194 Å². The van der Waals surface area contributed by atoms with Crippen LogP contribution in [0.2, 0.25) is 0 Å². The second-order valence-electron chi connectivity index (χ2n) is 7.50. The Kier molecular flexibility index (Phi) is 7.67. The van der Waals surface area contributed by atoms with Crippen molar-refractivity contribution < 1.29 is 35.9 Å². The molecule has 9 nitrogen and oxygen atoms in total. The van der Waals surface area contributed by atoms with Gasteiger partial charge in [0.05, 0.1) is 17.6 Å². The summed E-state index contributed by atoms with van der Waals surface area (Å²) in [5.74, 6) is -0.546. The second kappa shape index (κ2) is 10.3. The van der Waals surface area contributed by atoms with E-state index < -0.39 is 39.6 Å². The summed E-state index contributed by atoms with van der Waals surface area (Å²) in [5.41, 5.74) is 3.28. The van der Waals surface area contributed by atoms with Crippen molar-refractivity contribution in [3.8, 4) is 5.75 Å². The Bertz CT molecular complexity index is 1130. The molecular formula is C21H23F3N4O5S. The Hall–Kier alpha value is -3.32. The van der Waals surface area contributed by atoms with Crippen LogP contribution in [0.3, 0.4) is 0 Å². The van der Waals surface area contributed by atoms with E-state index in [1.807, 2.05) is 0 Å². The van der Waals surface area contributed by atoms with Crippen molar-refractivity contribution in [2.75, 3.05) is 25.5 Å². The van der Waals surface area contributed by atoms with Crippen LogP contribution in [-0.2, 0) is 21.0 Å². The highest BCUT2D eigenvalue weighted by molar-refractivity contribution is 7.89. The summed E-state index contributed by atoms with van der Waals surface area (Å²) in [7, 11) is -2.25. The van der Waals surface area contributed by atoms with Crippen molar-refractivity contribution in [1.82, 2.24) is 15.2 Å². The molecule has 0 saturated carbocycles. The molecule has 184 valence electrons. The lowest BCUT2D eigenvalue weighted by atomic mass is 9.98. The Morgan fingerprint density at radius 2 is 1.68 bits per heavy atom. The van der Waals surface area contributed by atoms with Gasteiger partial charge in [0.1, 0.15) is 5.75 Å². The first-order valence-electron chi connectivity index (χ1n) is 10.2. The summed E-state index contributed by atoms with van der Waals surface area (Å²) >= 11 is 0. The van der Waals surface area contributed by atoms with E-state index in [1.165, 1.54) is 29.6 Å². The maximum atomic E-state index is 12.8. The van der Waals surface area contributed by atoms with Crippen LogP contribution in [0.1, 0.15) is 18.4 Å². The van der Waals surface area contributed by atoms with E-state index in [0.717, 1.165) is 18.2 Å². The molecule has 0 aliphatic carbocycles. The third-order valence-electron chi connectivity index (χ3n) is 5.27. The molecule has 1 aliphatic rings. The zero-order chi connectivity index (χ0) is 24.9. The Balaban J connectivity index is 1.48. The van der Waals surface area contributed by atoms with Gasteiger partial charge in [-0.2, -0.15) is 17.5 Å². The van der Waals surface area contributed by atoms with Gasteiger partial charge in [0, 0.05) is 24.7 Å². The van der Waals surface area contributed by atoms with E-state index in [4.69, 9.17) is 4.74 Å². The van der Waals surface area contributed by atoms with E-state index in [9.17, 15) is 31.2 Å². The number of piperidine rings is 1. The maximum absolute atomic E-state index is 12.8. The monoisotopic (exact) mass is 500 g/mol. The van der Waals surface area contributed by atoms with Crippen molar-refractivity contribution in [2.45, 2.75) is 23.9 Å². The van der Waals surface area contributed by atoms with Crippen molar-refractivity contribution in [3.05, 3.63) is 54.1 Å². The molecule has 1 heterocycles. The number of amides is 3. The molecule has 2 aromatic rings. The molecule has 0 aromatic heterocycles. The van der Waals surface area contributed by atoms with Crippen LogP contribution >= 0.6 is 0 Å². The summed E-state index contributed by atoms with van der Waals surface area (Å²) in [6.07, 6.45) is -4.09. The van der Waals surface area contributed by atoms with Crippen molar-refractivity contribution >= 4 is 27.6 Å². The van der Waals surface area contributed by atoms with Gasteiger partial charge in [-0.1, -0.05) is 6.07 Å². The summed E-state index contributed by atoms with van der Waals surface area (Å²) in [6.45, 7) is 0.228. The zero-order valence-corrected chi connectivity index (χ0v) is 18.9. The molecule has 0 radical (unpaired) electrons. The number of sulfonamides is 1. The van der Waals surface area contributed by atoms with Gasteiger partial charge in [-0.05, 0) is 55.3 Å². The third-order valence-corrected chi connectivity index (χ3v) is 7.18. The van der Waals surface area contributed by atoms with Crippen molar-refractivity contribution in [2.24, 2.45) is 5.92 Å². The maximum Gasteiger partial charge on any atom is 0.416 e. The molecule has 0 bridgehead atoms. The molecule has 2 aromatic carbocycles. The highest BCUT2D eigenvalue weighted by Crippen LogP contribution is 2.30. The van der Waals surface area contributed by atoms with Crippen molar-refractivity contribution in [3.63, 3.8) is 0 Å². The van der Waals surface area contributed by atoms with Crippen LogP contribution in [-0.4, -0.2) is 44.9 Å². The number of methoxy groups -OCH3 is 1. The standard InChI is InChI=1S/C21H23F3N4O5S/c1-33-17-5-7-18(8-6-17)34(31,32)28-11-9-14(10-12-28)19(29)26-27-20(30)25-16-4-2-3-15(13-16)21(22,23)24/h2-8,13-14H,9-12H2,1H3,(H,26,29)(H2,25,27,30). The molecule has 3 N–H and O–H groups in total. The minimum Gasteiger partial charge on any atom is -0.497 e. The van der Waals surface area contributed by atoms with E-state index in [2.05, 4.69) is 16.2 Å². The predicted octanol–water partition coefficient (Wildman–Crippen LogP) is 2.97. The van der Waals surface area contributed by atoms with E-state index >= 15 is 0 Å². The number of nitrogens with one attached hydrogen (secondary N) is 3. The SMILES string of the molecule is COc1ccc(S(=O)(=O)N2CCC(C(=O)NNC(=O)Nc3cccc(C(F)(F)F)c3)CC2)cc1. The summed E-state index contributed by atoms with van der Waals surface area (Å²) < 4.78 is 70.2. The van der Waals surface area contributed by atoms with E-state index in [-0.39, 0.29) is 36.5 Å². The number of ether oxygens (including phenoxy) is 1. The first kappa shape index (κ1) is 25.3. The number of carbonyl (C=O) groups is 2. The quantitative estimate of drug-likeness (QED) is 0.546. The number of rotatable bonds is 5. The highest BCUT2D eigenvalue weighted by Gasteiger charge is 2.32. The number of halogens is 3. The van der Waals surface area contributed by atoms with Crippen molar-refractivity contribution in [1.29, 1.82) is 0 Å². The number of hydrazine groups is 1. The van der Waals surface area contributed by atoms with Gasteiger partial charge in [-0.3, -0.25) is 10.2 Å². The molecule has 1 aliphatic heterocycles. The second-order valence-corrected chi connectivity index (χ2v) is 9.44. The number of benzene rings is 2. The van der Waals surface area contributed by atoms with Gasteiger partial charge in [0.25, 0.3) is 0 Å². The molecule has 1 fully saturated rings. The molecule has 0 unspecified atom stereocenters. The lowest BCUT2D eigenvalue weighted by Gasteiger charge is -2.30. The van der Waals surface area contributed by atoms with Crippen LogP contribution in [0, 0.1) is 5.92 Å². The van der Waals surface area contributed by atoms with Gasteiger partial charge >= 0.3 is 12.2 Å². The molecular weight excluding hydrogens is 477 g/mol. The summed E-state index contributed by atoms with van der Waals surface area (Å²) in [5, 5.41) is 2.20. The minimum absolute atomic E-state index is 0.0985. The molecule has 0 atom stereocenters. The first-order valence-corrected chi connectivity index (χ1v) is 11.6. The van der Waals surface area contributed by atoms with Gasteiger partial charge in [-0.15, -0.1) is 0 Å². The molecule has 34 heavy (non-hydrogen) atoms. The van der Waals surface area contributed by atoms with E-state index in [0.29, 0.717) is 5.75 Å². The average Bonchev–Trinajstić information content (AvgIpc) is 2.82. The minimum atomic E-state index is -4.56. The van der Waals surface area contributed by atoms with Crippen LogP contribution in [0.15, 0.2) is 53.4 Å². The van der Waals surface area contributed by atoms with Crippen LogP contribution in [0.25, 0.3) is 0 Å². The largest absolute Gasteiger partial charge is 0.497 e. The fourth-order valence-electron chi connectivity index (χ4n) is 3.41. The normalized spacial score (nSPS) is 15.4. The Morgan fingerprint density at radius 3 is 2.26 bits per heavy atom. The van der Waals surface area contributed by atoms with Crippen LogP contribution in [0.5, 0.6) is 5.75 Å². The summed E-state index contributed by atoms with van der Waals surface area (Å²) in [6, 6.07) is 9.10. The highest BCUT2D eigenvalue weighted by atomic mass is 32.2. The lowest BCUT2D eigenvalue weighted by Crippen LogP contribution is -2.49. The number of carbonyl (C=O) groups excluding carboxylic acids is 2. The van der Waals surface area contributed by atoms with Gasteiger partial charge in [-0.25, -0.2) is 18.6 Å². The zero-order valence-electron chi connectivity index (χ0n) is 18.1. The molecule has 0 spiro atoms. The fourth-order valence-corrected chi connectivity index (χ4v) is 4.88. The number of hydrogen-bond donors (Lipinski definition) is 3. The number of hydrogen-bond acceptors (Lipinski definition) is 5. The topological polar surface area (TPSA) is 117 Å². The molecule has 13 heteroatoms. The van der Waals surface area contributed by atoms with Gasteiger partial charge in [0.2, 0.25) is 15.9 Å². The van der Waals surface area contributed by atoms with Gasteiger partial charge < -0.3 is 10.1 Å². The van der Waals surface area contributed by atoms with Gasteiger partial charge in [0.15, 0.2) is 0 Å². The average molecular weight is 500 g/mol. The van der Waals surface area contributed by atoms with Crippen LogP contribution in [0.4, 0.5) is 23.7 Å². The third kappa shape index (κ3) is 6.17.